The molecule has 17 heavy (non-hydrogen) atoms. The Bertz CT molecular complexity index is 402. The monoisotopic (exact) mass is 271 g/mol. The third kappa shape index (κ3) is 3.52. The molecule has 92 valence electrons. The molecule has 1 aliphatic rings. The van der Waals surface area contributed by atoms with Crippen LogP contribution in [0.15, 0.2) is 17.0 Å². The Hall–Kier alpha value is -0.920. The molecule has 1 aliphatic heterocycles. The molecule has 0 aromatic carbocycles. The lowest BCUT2D eigenvalue weighted by molar-refractivity contribution is -0.124. The van der Waals surface area contributed by atoms with E-state index in [-0.39, 0.29) is 12.0 Å². The average molecular weight is 271 g/mol. The molecule has 0 radical (unpaired) electrons. The molecule has 1 atom stereocenters. The van der Waals surface area contributed by atoms with E-state index < -0.39 is 0 Å². The maximum atomic E-state index is 11.7. The van der Waals surface area contributed by atoms with Crippen molar-refractivity contribution in [2.45, 2.75) is 23.3 Å². The van der Waals surface area contributed by atoms with E-state index in [9.17, 15) is 4.79 Å². The molecule has 0 saturated carbocycles. The number of nitrogens with zero attached hydrogens (tertiary/aromatic N) is 2. The Morgan fingerprint density at radius 1 is 1.71 bits per heavy atom. The molecule has 2 heterocycles. The fraction of sp³-hybridized carbons (Fsp3) is 0.500. The van der Waals surface area contributed by atoms with Crippen LogP contribution in [0.25, 0.3) is 0 Å². The van der Waals surface area contributed by atoms with Crippen molar-refractivity contribution >= 4 is 34.1 Å². The number of rotatable bonds is 5. The zero-order valence-corrected chi connectivity index (χ0v) is 10.9. The fourth-order valence-corrected chi connectivity index (χ4v) is 2.94. The number of carbonyl (C=O) groups is 1. The largest absolute Gasteiger partial charge is 0.368 e. The van der Waals surface area contributed by atoms with Crippen LogP contribution < -0.4 is 5.32 Å². The van der Waals surface area contributed by atoms with Gasteiger partial charge in [0, 0.05) is 12.4 Å². The van der Waals surface area contributed by atoms with Gasteiger partial charge in [0.25, 0.3) is 5.91 Å². The van der Waals surface area contributed by atoms with Gasteiger partial charge in [0.05, 0.1) is 0 Å². The molecule has 0 aliphatic carbocycles. The van der Waals surface area contributed by atoms with Crippen molar-refractivity contribution in [1.82, 2.24) is 10.2 Å². The topological polar surface area (TPSA) is 64.1 Å². The molecular formula is C10H13N3O2S2. The molecule has 0 spiro atoms. The van der Waals surface area contributed by atoms with Crippen LogP contribution in [0, 0.1) is 0 Å². The van der Waals surface area contributed by atoms with Crippen LogP contribution in [-0.2, 0) is 9.53 Å². The van der Waals surface area contributed by atoms with Crippen LogP contribution in [0.4, 0.5) is 5.13 Å². The normalized spacial score (nSPS) is 19.2. The maximum absolute atomic E-state index is 11.7. The van der Waals surface area contributed by atoms with Gasteiger partial charge in [-0.3, -0.25) is 10.1 Å². The van der Waals surface area contributed by atoms with Crippen LogP contribution in [0.5, 0.6) is 0 Å². The van der Waals surface area contributed by atoms with E-state index in [1.807, 2.05) is 0 Å². The van der Waals surface area contributed by atoms with Gasteiger partial charge in [-0.25, -0.2) is 0 Å². The van der Waals surface area contributed by atoms with Crippen molar-refractivity contribution in [2.75, 3.05) is 17.7 Å². The lowest BCUT2D eigenvalue weighted by Gasteiger charge is -2.06. The predicted octanol–water partition coefficient (Wildman–Crippen LogP) is 1.93. The summed E-state index contributed by atoms with van der Waals surface area (Å²) in [5, 5.41) is 11.1. The number of amides is 1. The number of ether oxygens (including phenoxy) is 1. The van der Waals surface area contributed by atoms with Gasteiger partial charge in [-0.05, 0) is 12.8 Å². The van der Waals surface area contributed by atoms with E-state index in [0.29, 0.717) is 11.7 Å². The summed E-state index contributed by atoms with van der Waals surface area (Å²) in [6, 6.07) is 0. The van der Waals surface area contributed by atoms with E-state index in [2.05, 4.69) is 22.1 Å². The van der Waals surface area contributed by atoms with Crippen LogP contribution in [-0.4, -0.2) is 34.6 Å². The quantitative estimate of drug-likeness (QED) is 0.503. The highest BCUT2D eigenvalue weighted by atomic mass is 32.2. The molecule has 0 bridgehead atoms. The van der Waals surface area contributed by atoms with E-state index in [1.54, 1.807) is 17.8 Å². The first-order chi connectivity index (χ1) is 8.29. The molecular weight excluding hydrogens is 258 g/mol. The molecule has 2 rings (SSSR count). The van der Waals surface area contributed by atoms with Crippen LogP contribution >= 0.6 is 23.1 Å². The highest BCUT2D eigenvalue weighted by Crippen LogP contribution is 2.25. The summed E-state index contributed by atoms with van der Waals surface area (Å²) in [5.74, 6) is 0.660. The van der Waals surface area contributed by atoms with E-state index in [1.165, 1.54) is 11.3 Å². The highest BCUT2D eigenvalue weighted by Gasteiger charge is 2.24. The number of nitrogens with one attached hydrogen (secondary N) is 1. The molecule has 1 aromatic heterocycles. The van der Waals surface area contributed by atoms with E-state index >= 15 is 0 Å². The van der Waals surface area contributed by atoms with Gasteiger partial charge in [-0.15, -0.1) is 16.8 Å². The fourth-order valence-electron chi connectivity index (χ4n) is 1.42. The van der Waals surface area contributed by atoms with Crippen molar-refractivity contribution in [1.29, 1.82) is 0 Å². The zero-order valence-electron chi connectivity index (χ0n) is 9.22. The van der Waals surface area contributed by atoms with Gasteiger partial charge in [-0.2, -0.15) is 0 Å². The van der Waals surface area contributed by atoms with Gasteiger partial charge in [0.2, 0.25) is 5.13 Å². The summed E-state index contributed by atoms with van der Waals surface area (Å²) >= 11 is 2.91. The predicted molar refractivity (Wildman–Crippen MR) is 68.4 cm³/mol. The first-order valence-corrected chi connectivity index (χ1v) is 7.09. The SMILES string of the molecule is C=CCSc1nnc(NC(=O)C2CCCO2)s1. The van der Waals surface area contributed by atoms with Gasteiger partial charge in [-0.1, -0.05) is 29.2 Å². The molecule has 7 heteroatoms. The first-order valence-electron chi connectivity index (χ1n) is 5.29. The minimum Gasteiger partial charge on any atom is -0.368 e. The molecule has 1 fully saturated rings. The number of thioether (sulfide) groups is 1. The van der Waals surface area contributed by atoms with Crippen molar-refractivity contribution in [3.8, 4) is 0 Å². The van der Waals surface area contributed by atoms with Crippen molar-refractivity contribution in [3.05, 3.63) is 12.7 Å². The third-order valence-electron chi connectivity index (χ3n) is 2.18. The van der Waals surface area contributed by atoms with Gasteiger partial charge < -0.3 is 4.74 Å². The van der Waals surface area contributed by atoms with E-state index in [4.69, 9.17) is 4.74 Å². The summed E-state index contributed by atoms with van der Waals surface area (Å²) in [6.07, 6.45) is 3.19. The van der Waals surface area contributed by atoms with Gasteiger partial charge >= 0.3 is 0 Å². The second-order valence-electron chi connectivity index (χ2n) is 3.46. The second kappa shape index (κ2) is 6.13. The Kier molecular flexibility index (Phi) is 4.52. The Morgan fingerprint density at radius 2 is 2.59 bits per heavy atom. The second-order valence-corrected chi connectivity index (χ2v) is 5.71. The molecule has 1 N–H and O–H groups in total. The summed E-state index contributed by atoms with van der Waals surface area (Å²) in [5.41, 5.74) is 0. The van der Waals surface area contributed by atoms with E-state index in [0.717, 1.165) is 22.9 Å². The van der Waals surface area contributed by atoms with Gasteiger partial charge in [0.15, 0.2) is 4.34 Å². The highest BCUT2D eigenvalue weighted by molar-refractivity contribution is 8.01. The lowest BCUT2D eigenvalue weighted by atomic mass is 10.2. The number of anilines is 1. The maximum Gasteiger partial charge on any atom is 0.255 e. The third-order valence-corrected chi connectivity index (χ3v) is 4.15. The minimum absolute atomic E-state index is 0.126. The van der Waals surface area contributed by atoms with Crippen LogP contribution in [0.3, 0.4) is 0 Å². The molecule has 5 nitrogen and oxygen atoms in total. The van der Waals surface area contributed by atoms with Crippen LogP contribution in [0.2, 0.25) is 0 Å². The zero-order chi connectivity index (χ0) is 12.1. The number of aromatic nitrogens is 2. The van der Waals surface area contributed by atoms with Crippen molar-refractivity contribution in [3.63, 3.8) is 0 Å². The molecule has 1 aromatic rings. The standard InChI is InChI=1S/C10H13N3O2S2/c1-2-6-16-10-13-12-9(17-10)11-8(14)7-4-3-5-15-7/h2,7H,1,3-6H2,(H,11,12,14). The van der Waals surface area contributed by atoms with Gasteiger partial charge in [0.1, 0.15) is 6.10 Å². The molecule has 1 amide bonds. The summed E-state index contributed by atoms with van der Waals surface area (Å²) in [7, 11) is 0. The van der Waals surface area contributed by atoms with Crippen LogP contribution in [0.1, 0.15) is 12.8 Å². The number of hydrogen-bond donors (Lipinski definition) is 1. The first kappa shape index (κ1) is 12.5. The van der Waals surface area contributed by atoms with Crippen molar-refractivity contribution < 1.29 is 9.53 Å². The Morgan fingerprint density at radius 3 is 3.29 bits per heavy atom. The summed E-state index contributed by atoms with van der Waals surface area (Å²) in [4.78, 5) is 11.7. The lowest BCUT2D eigenvalue weighted by Crippen LogP contribution is -2.26. The number of carbonyl (C=O) groups excluding carboxylic acids is 1. The van der Waals surface area contributed by atoms with Crippen molar-refractivity contribution in [2.24, 2.45) is 0 Å². The Labute approximate surface area is 108 Å². The average Bonchev–Trinajstić information content (AvgIpc) is 2.97. The summed E-state index contributed by atoms with van der Waals surface area (Å²) < 4.78 is 6.11. The smallest absolute Gasteiger partial charge is 0.255 e. The minimum atomic E-state index is -0.330. The summed E-state index contributed by atoms with van der Waals surface area (Å²) in [6.45, 7) is 4.29. The molecule has 1 unspecified atom stereocenters. The molecule has 1 saturated heterocycles. The number of hydrogen-bond acceptors (Lipinski definition) is 6. The Balaban J connectivity index is 1.87.